The zero-order valence-corrected chi connectivity index (χ0v) is 13.5. The van der Waals surface area contributed by atoms with Gasteiger partial charge in [0.15, 0.2) is 0 Å². The van der Waals surface area contributed by atoms with Crippen LogP contribution < -0.4 is 0 Å². The number of carbonyl (C=O) groups excluding carboxylic acids is 1. The number of hydrogen-bond donors (Lipinski definition) is 0. The topological polar surface area (TPSA) is 63.7 Å². The fourth-order valence-electron chi connectivity index (χ4n) is 2.23. The number of ether oxygens (including phenoxy) is 1. The van der Waals surface area contributed by atoms with Crippen LogP contribution in [-0.2, 0) is 26.2 Å². The van der Waals surface area contributed by atoms with Crippen molar-refractivity contribution in [1.82, 2.24) is 4.31 Å². The van der Waals surface area contributed by atoms with Crippen molar-refractivity contribution in [1.29, 1.82) is 0 Å². The maximum atomic E-state index is 12.0. The van der Waals surface area contributed by atoms with Crippen LogP contribution in [0.2, 0.25) is 0 Å². The Bertz CT molecular complexity index is 602. The second-order valence-corrected chi connectivity index (χ2v) is 7.52. The second-order valence-electron chi connectivity index (χ2n) is 4.73. The Labute approximate surface area is 127 Å². The van der Waals surface area contributed by atoms with Crippen LogP contribution in [0.15, 0.2) is 28.7 Å². The average Bonchev–Trinajstić information content (AvgIpc) is 2.86. The third-order valence-electron chi connectivity index (χ3n) is 3.23. The van der Waals surface area contributed by atoms with Gasteiger partial charge >= 0.3 is 5.97 Å². The molecule has 0 unspecified atom stereocenters. The molecule has 1 aliphatic rings. The van der Waals surface area contributed by atoms with Crippen molar-refractivity contribution >= 4 is 31.9 Å². The molecule has 5 nitrogen and oxygen atoms in total. The van der Waals surface area contributed by atoms with Gasteiger partial charge in [0.2, 0.25) is 10.0 Å². The third kappa shape index (κ3) is 3.59. The lowest BCUT2D eigenvalue weighted by Gasteiger charge is -2.20. The van der Waals surface area contributed by atoms with Crippen LogP contribution >= 0.6 is 15.9 Å². The molecule has 0 aromatic heterocycles. The average molecular weight is 362 g/mol. The number of nitrogens with zero attached hydrogens (tertiary/aromatic N) is 1. The number of esters is 1. The molecule has 1 aromatic rings. The summed E-state index contributed by atoms with van der Waals surface area (Å²) in [5.74, 6) is -0.483. The predicted octanol–water partition coefficient (Wildman–Crippen LogP) is 1.92. The fourth-order valence-corrected chi connectivity index (χ4v) is 3.75. The monoisotopic (exact) mass is 361 g/mol. The summed E-state index contributed by atoms with van der Waals surface area (Å²) < 4.78 is 30.5. The van der Waals surface area contributed by atoms with Gasteiger partial charge < -0.3 is 4.74 Å². The van der Waals surface area contributed by atoms with Gasteiger partial charge in [0.05, 0.1) is 6.26 Å². The molecular formula is C13H16BrNO4S. The van der Waals surface area contributed by atoms with Crippen LogP contribution in [0.1, 0.15) is 18.4 Å². The molecule has 110 valence electrons. The van der Waals surface area contributed by atoms with E-state index in [1.165, 1.54) is 4.31 Å². The molecule has 1 aliphatic heterocycles. The van der Waals surface area contributed by atoms with Crippen LogP contribution in [-0.4, -0.2) is 37.5 Å². The highest BCUT2D eigenvalue weighted by atomic mass is 79.9. The Morgan fingerprint density at radius 1 is 1.45 bits per heavy atom. The highest BCUT2D eigenvalue weighted by Crippen LogP contribution is 2.23. The Balaban J connectivity index is 2.00. The molecule has 1 atom stereocenters. The van der Waals surface area contributed by atoms with Crippen molar-refractivity contribution in [2.24, 2.45) is 0 Å². The number of sulfonamides is 1. The summed E-state index contributed by atoms with van der Waals surface area (Å²) in [5, 5.41) is 0. The maximum Gasteiger partial charge on any atom is 0.324 e. The normalized spacial score (nSPS) is 20.0. The number of hydrogen-bond acceptors (Lipinski definition) is 4. The van der Waals surface area contributed by atoms with E-state index in [2.05, 4.69) is 15.9 Å². The van der Waals surface area contributed by atoms with Gasteiger partial charge in [0.1, 0.15) is 12.6 Å². The van der Waals surface area contributed by atoms with E-state index in [1.54, 1.807) is 0 Å². The Morgan fingerprint density at radius 2 is 2.15 bits per heavy atom. The van der Waals surface area contributed by atoms with Crippen LogP contribution in [0.5, 0.6) is 0 Å². The van der Waals surface area contributed by atoms with Crippen molar-refractivity contribution in [2.75, 3.05) is 12.8 Å². The van der Waals surface area contributed by atoms with E-state index >= 15 is 0 Å². The maximum absolute atomic E-state index is 12.0. The van der Waals surface area contributed by atoms with Crippen LogP contribution in [0.4, 0.5) is 0 Å². The Hall–Kier alpha value is -0.920. The quantitative estimate of drug-likeness (QED) is 0.768. The first-order chi connectivity index (χ1) is 9.39. The van der Waals surface area contributed by atoms with Crippen molar-refractivity contribution < 1.29 is 17.9 Å². The molecular weight excluding hydrogens is 346 g/mol. The zero-order valence-electron chi connectivity index (χ0n) is 11.1. The van der Waals surface area contributed by atoms with Gasteiger partial charge in [-0.2, -0.15) is 4.31 Å². The Kier molecular flexibility index (Phi) is 4.82. The van der Waals surface area contributed by atoms with E-state index in [0.717, 1.165) is 16.3 Å². The van der Waals surface area contributed by atoms with E-state index in [4.69, 9.17) is 4.74 Å². The van der Waals surface area contributed by atoms with Crippen molar-refractivity contribution in [2.45, 2.75) is 25.5 Å². The summed E-state index contributed by atoms with van der Waals surface area (Å²) in [5.41, 5.74) is 0.852. The molecule has 1 fully saturated rings. The minimum Gasteiger partial charge on any atom is -0.460 e. The summed E-state index contributed by atoms with van der Waals surface area (Å²) in [6.07, 6.45) is 2.32. The molecule has 0 radical (unpaired) electrons. The fraction of sp³-hybridized carbons (Fsp3) is 0.462. The summed E-state index contributed by atoms with van der Waals surface area (Å²) in [6, 6.07) is 6.75. The van der Waals surface area contributed by atoms with Crippen molar-refractivity contribution in [3.63, 3.8) is 0 Å². The van der Waals surface area contributed by atoms with Crippen LogP contribution in [0.3, 0.4) is 0 Å². The van der Waals surface area contributed by atoms with E-state index in [9.17, 15) is 13.2 Å². The largest absolute Gasteiger partial charge is 0.460 e. The molecule has 0 saturated carbocycles. The highest BCUT2D eigenvalue weighted by molar-refractivity contribution is 9.10. The highest BCUT2D eigenvalue weighted by Gasteiger charge is 2.37. The lowest BCUT2D eigenvalue weighted by molar-refractivity contribution is -0.148. The Morgan fingerprint density at radius 3 is 2.80 bits per heavy atom. The minimum atomic E-state index is -3.36. The summed E-state index contributed by atoms with van der Waals surface area (Å²) in [4.78, 5) is 12.0. The molecule has 20 heavy (non-hydrogen) atoms. The summed E-state index contributed by atoms with van der Waals surface area (Å²) in [7, 11) is -3.36. The van der Waals surface area contributed by atoms with Gasteiger partial charge in [-0.3, -0.25) is 4.79 Å². The number of halogens is 1. The zero-order chi connectivity index (χ0) is 14.8. The van der Waals surface area contributed by atoms with E-state index < -0.39 is 22.0 Å². The lowest BCUT2D eigenvalue weighted by atomic mass is 10.2. The molecule has 0 N–H and O–H groups in total. The molecule has 1 aromatic carbocycles. The van der Waals surface area contributed by atoms with E-state index in [-0.39, 0.29) is 6.61 Å². The molecule has 2 rings (SSSR count). The van der Waals surface area contributed by atoms with Crippen molar-refractivity contribution in [3.8, 4) is 0 Å². The van der Waals surface area contributed by atoms with Crippen molar-refractivity contribution in [3.05, 3.63) is 34.3 Å². The standard InChI is InChI=1S/C13H16BrNO4S/c1-20(17,18)15-8-4-7-12(15)13(16)19-9-10-5-2-3-6-11(10)14/h2-3,5-6,12H,4,7-9H2,1H3/t12-/m0/s1. The minimum absolute atomic E-state index is 0.133. The molecule has 0 spiro atoms. The van der Waals surface area contributed by atoms with Gasteiger partial charge in [-0.05, 0) is 18.9 Å². The summed E-state index contributed by atoms with van der Waals surface area (Å²) >= 11 is 3.38. The third-order valence-corrected chi connectivity index (χ3v) is 5.29. The first kappa shape index (κ1) is 15.5. The van der Waals surface area contributed by atoms with Gasteiger partial charge in [-0.1, -0.05) is 34.1 Å². The lowest BCUT2D eigenvalue weighted by Crippen LogP contribution is -2.40. The molecule has 1 heterocycles. The SMILES string of the molecule is CS(=O)(=O)N1CCC[C@H]1C(=O)OCc1ccccc1Br. The molecule has 1 saturated heterocycles. The van der Waals surface area contributed by atoms with Gasteiger partial charge in [0, 0.05) is 16.6 Å². The van der Waals surface area contributed by atoms with Crippen LogP contribution in [0, 0.1) is 0 Å². The molecule has 0 bridgehead atoms. The van der Waals surface area contributed by atoms with Gasteiger partial charge in [-0.15, -0.1) is 0 Å². The second kappa shape index (κ2) is 6.24. The molecule has 0 aliphatic carbocycles. The van der Waals surface area contributed by atoms with E-state index in [1.807, 2.05) is 24.3 Å². The summed E-state index contributed by atoms with van der Waals surface area (Å²) in [6.45, 7) is 0.516. The van der Waals surface area contributed by atoms with Gasteiger partial charge in [0.25, 0.3) is 0 Å². The van der Waals surface area contributed by atoms with Crippen LogP contribution in [0.25, 0.3) is 0 Å². The number of rotatable bonds is 4. The van der Waals surface area contributed by atoms with E-state index in [0.29, 0.717) is 19.4 Å². The number of benzene rings is 1. The molecule has 0 amide bonds. The molecule has 7 heteroatoms. The first-order valence-electron chi connectivity index (χ1n) is 6.26. The predicted molar refractivity (Wildman–Crippen MR) is 78.5 cm³/mol. The smallest absolute Gasteiger partial charge is 0.324 e. The number of carbonyl (C=O) groups is 1. The van der Waals surface area contributed by atoms with Gasteiger partial charge in [-0.25, -0.2) is 8.42 Å². The first-order valence-corrected chi connectivity index (χ1v) is 8.90.